The predicted octanol–water partition coefficient (Wildman–Crippen LogP) is 5.87. The van der Waals surface area contributed by atoms with E-state index in [4.69, 9.17) is 4.74 Å². The highest BCUT2D eigenvalue weighted by atomic mass is 16.5. The van der Waals surface area contributed by atoms with Gasteiger partial charge in [-0.25, -0.2) is 0 Å². The van der Waals surface area contributed by atoms with Gasteiger partial charge in [-0.1, -0.05) is 33.3 Å². The molecule has 0 aromatic carbocycles. The maximum atomic E-state index is 12.4. The molecule has 3 fully saturated rings. The van der Waals surface area contributed by atoms with E-state index in [0.29, 0.717) is 30.0 Å². The zero-order valence-corrected chi connectivity index (χ0v) is 18.3. The number of fused-ring (bicyclic) bond motifs is 5. The molecular weight excluding hydrogens is 348 g/mol. The summed E-state index contributed by atoms with van der Waals surface area (Å²) in [6.07, 6.45) is 12.3. The van der Waals surface area contributed by atoms with Crippen molar-refractivity contribution in [1.29, 1.82) is 0 Å². The first-order valence-electron chi connectivity index (χ1n) is 11.7. The van der Waals surface area contributed by atoms with E-state index in [0.717, 1.165) is 44.4 Å². The minimum atomic E-state index is 0.00863. The first-order chi connectivity index (χ1) is 13.2. The second-order valence-electron chi connectivity index (χ2n) is 11.0. The van der Waals surface area contributed by atoms with Crippen LogP contribution in [0.15, 0.2) is 11.6 Å². The monoisotopic (exact) mass is 386 g/mol. The molecule has 0 bridgehead atoms. The maximum absolute atomic E-state index is 12.4. The Balaban J connectivity index is 1.49. The van der Waals surface area contributed by atoms with Crippen molar-refractivity contribution in [3.05, 3.63) is 11.6 Å². The molecule has 4 rings (SSSR count). The lowest BCUT2D eigenvalue weighted by molar-refractivity contribution is -0.160. The average molecular weight is 387 g/mol. The van der Waals surface area contributed by atoms with E-state index < -0.39 is 0 Å². The summed E-state index contributed by atoms with van der Waals surface area (Å²) in [5, 5.41) is 0. The SMILES string of the molecule is CC(C)CCC(=O)O[C@H]1CC[C@H]2[C@H]3CCC4=CC(=O)CC[C@]4(C)[C@@H]3CC[C@]12C. The topological polar surface area (TPSA) is 43.4 Å². The molecule has 0 heterocycles. The van der Waals surface area contributed by atoms with Gasteiger partial charge in [0.1, 0.15) is 6.10 Å². The van der Waals surface area contributed by atoms with Crippen LogP contribution in [-0.4, -0.2) is 17.9 Å². The molecule has 0 spiro atoms. The first-order valence-corrected chi connectivity index (χ1v) is 11.7. The molecule has 4 aliphatic rings. The van der Waals surface area contributed by atoms with Gasteiger partial charge in [0.15, 0.2) is 5.78 Å². The average Bonchev–Trinajstić information content (AvgIpc) is 2.97. The van der Waals surface area contributed by atoms with Crippen LogP contribution in [0, 0.1) is 34.5 Å². The molecule has 156 valence electrons. The van der Waals surface area contributed by atoms with Crippen molar-refractivity contribution in [2.75, 3.05) is 0 Å². The van der Waals surface area contributed by atoms with Crippen LogP contribution < -0.4 is 0 Å². The van der Waals surface area contributed by atoms with E-state index in [1.165, 1.54) is 24.8 Å². The molecule has 0 aromatic rings. The van der Waals surface area contributed by atoms with E-state index in [1.54, 1.807) is 0 Å². The summed E-state index contributed by atoms with van der Waals surface area (Å²) in [7, 11) is 0. The summed E-state index contributed by atoms with van der Waals surface area (Å²) in [6, 6.07) is 0. The number of ether oxygens (including phenoxy) is 1. The zero-order valence-electron chi connectivity index (χ0n) is 18.3. The zero-order chi connectivity index (χ0) is 20.1. The molecule has 3 saturated carbocycles. The third-order valence-electron chi connectivity index (χ3n) is 9.07. The fraction of sp³-hybridized carbons (Fsp3) is 0.840. The molecule has 4 aliphatic carbocycles. The summed E-state index contributed by atoms with van der Waals surface area (Å²) in [5.74, 6) is 2.99. The molecule has 0 amide bonds. The van der Waals surface area contributed by atoms with Crippen LogP contribution in [0.5, 0.6) is 0 Å². The molecule has 28 heavy (non-hydrogen) atoms. The quantitative estimate of drug-likeness (QED) is 0.568. The van der Waals surface area contributed by atoms with Gasteiger partial charge in [-0.15, -0.1) is 0 Å². The summed E-state index contributed by atoms with van der Waals surface area (Å²) in [5.41, 5.74) is 1.81. The van der Waals surface area contributed by atoms with Gasteiger partial charge >= 0.3 is 5.97 Å². The van der Waals surface area contributed by atoms with Gasteiger partial charge in [-0.05, 0) is 86.5 Å². The fourth-order valence-corrected chi connectivity index (χ4v) is 7.33. The van der Waals surface area contributed by atoms with E-state index in [2.05, 4.69) is 27.7 Å². The Kier molecular flexibility index (Phi) is 5.25. The van der Waals surface area contributed by atoms with Crippen LogP contribution in [0.2, 0.25) is 0 Å². The molecular formula is C25H38O3. The lowest BCUT2D eigenvalue weighted by Gasteiger charge is -2.57. The standard InChI is InChI=1S/C25H38O3/c1-16(2)5-10-23(27)28-22-9-8-20-19-7-6-17-15-18(26)11-13-24(17,3)21(19)12-14-25(20,22)4/h15-16,19-22H,5-14H2,1-4H3/t19-,20+,21-,22+,24+,25+/m1/s1. The Hall–Kier alpha value is -1.12. The summed E-state index contributed by atoms with van der Waals surface area (Å²) < 4.78 is 6.06. The fourth-order valence-electron chi connectivity index (χ4n) is 7.33. The molecule has 3 heteroatoms. The van der Waals surface area contributed by atoms with Crippen molar-refractivity contribution in [3.8, 4) is 0 Å². The molecule has 0 aliphatic heterocycles. The van der Waals surface area contributed by atoms with Gasteiger partial charge in [-0.3, -0.25) is 9.59 Å². The molecule has 0 N–H and O–H groups in total. The largest absolute Gasteiger partial charge is 0.462 e. The Bertz CT molecular complexity index is 677. The van der Waals surface area contributed by atoms with Crippen LogP contribution in [0.25, 0.3) is 0 Å². The Labute approximate surface area is 170 Å². The van der Waals surface area contributed by atoms with Crippen molar-refractivity contribution < 1.29 is 14.3 Å². The van der Waals surface area contributed by atoms with Gasteiger partial charge in [0.25, 0.3) is 0 Å². The number of esters is 1. The smallest absolute Gasteiger partial charge is 0.306 e. The molecule has 0 unspecified atom stereocenters. The summed E-state index contributed by atoms with van der Waals surface area (Å²) in [4.78, 5) is 24.4. The van der Waals surface area contributed by atoms with Crippen molar-refractivity contribution in [3.63, 3.8) is 0 Å². The first kappa shape index (κ1) is 20.2. The third kappa shape index (κ3) is 3.27. The number of hydrogen-bond donors (Lipinski definition) is 0. The van der Waals surface area contributed by atoms with E-state index in [1.807, 2.05) is 6.08 Å². The van der Waals surface area contributed by atoms with Crippen LogP contribution >= 0.6 is 0 Å². The van der Waals surface area contributed by atoms with Crippen molar-refractivity contribution in [1.82, 2.24) is 0 Å². The maximum Gasteiger partial charge on any atom is 0.306 e. The van der Waals surface area contributed by atoms with Crippen molar-refractivity contribution in [2.24, 2.45) is 34.5 Å². The van der Waals surface area contributed by atoms with Gasteiger partial charge in [0.2, 0.25) is 0 Å². The lowest BCUT2D eigenvalue weighted by atomic mass is 9.47. The van der Waals surface area contributed by atoms with E-state index >= 15 is 0 Å². The van der Waals surface area contributed by atoms with Crippen LogP contribution in [0.1, 0.15) is 91.9 Å². The highest BCUT2D eigenvalue weighted by Crippen LogP contribution is 2.65. The number of carbonyl (C=O) groups is 2. The number of ketones is 1. The minimum absolute atomic E-state index is 0.00863. The molecule has 0 saturated heterocycles. The van der Waals surface area contributed by atoms with Crippen LogP contribution in [0.3, 0.4) is 0 Å². The predicted molar refractivity (Wildman–Crippen MR) is 111 cm³/mol. The summed E-state index contributed by atoms with van der Waals surface area (Å²) in [6.45, 7) is 9.15. The minimum Gasteiger partial charge on any atom is -0.462 e. The van der Waals surface area contributed by atoms with Gasteiger partial charge in [-0.2, -0.15) is 0 Å². The number of hydrogen-bond acceptors (Lipinski definition) is 3. The highest BCUT2D eigenvalue weighted by molar-refractivity contribution is 5.91. The second-order valence-corrected chi connectivity index (χ2v) is 11.0. The van der Waals surface area contributed by atoms with Gasteiger partial charge < -0.3 is 4.74 Å². The highest BCUT2D eigenvalue weighted by Gasteiger charge is 2.59. The number of carbonyl (C=O) groups excluding carboxylic acids is 2. The lowest BCUT2D eigenvalue weighted by Crippen LogP contribution is -2.51. The number of rotatable bonds is 4. The molecule has 3 nitrogen and oxygen atoms in total. The molecule has 0 radical (unpaired) electrons. The van der Waals surface area contributed by atoms with Crippen LogP contribution in [-0.2, 0) is 14.3 Å². The normalized spacial score (nSPS) is 42.5. The second kappa shape index (κ2) is 7.29. The van der Waals surface area contributed by atoms with Crippen LogP contribution in [0.4, 0.5) is 0 Å². The van der Waals surface area contributed by atoms with Gasteiger partial charge in [0.05, 0.1) is 0 Å². The third-order valence-corrected chi connectivity index (χ3v) is 9.07. The molecule has 6 atom stereocenters. The Morgan fingerprint density at radius 1 is 1.11 bits per heavy atom. The van der Waals surface area contributed by atoms with Crippen molar-refractivity contribution >= 4 is 11.8 Å². The Morgan fingerprint density at radius 3 is 2.64 bits per heavy atom. The van der Waals surface area contributed by atoms with Crippen molar-refractivity contribution in [2.45, 2.75) is 98.0 Å². The van der Waals surface area contributed by atoms with E-state index in [-0.39, 0.29) is 22.9 Å². The molecule has 0 aromatic heterocycles. The number of allylic oxidation sites excluding steroid dienone is 1. The Morgan fingerprint density at radius 2 is 1.89 bits per heavy atom. The summed E-state index contributed by atoms with van der Waals surface area (Å²) >= 11 is 0. The van der Waals surface area contributed by atoms with E-state index in [9.17, 15) is 9.59 Å². The van der Waals surface area contributed by atoms with Gasteiger partial charge in [0, 0.05) is 18.3 Å².